The van der Waals surface area contributed by atoms with E-state index >= 15 is 0 Å². The van der Waals surface area contributed by atoms with Crippen LogP contribution in [0.2, 0.25) is 0 Å². The smallest absolute Gasteiger partial charge is 0.157 e. The number of fused-ring (bicyclic) bond motifs is 1. The molecule has 2 rings (SSSR count). The zero-order valence-electron chi connectivity index (χ0n) is 7.99. The van der Waals surface area contributed by atoms with Gasteiger partial charge in [-0.15, -0.1) is 0 Å². The molecule has 1 atom stereocenters. The third-order valence-electron chi connectivity index (χ3n) is 2.26. The van der Waals surface area contributed by atoms with Gasteiger partial charge in [0.05, 0.1) is 18.1 Å². The van der Waals surface area contributed by atoms with E-state index in [4.69, 9.17) is 0 Å². The molecule has 0 radical (unpaired) electrons. The molecule has 2 heterocycles. The molecule has 4 nitrogen and oxygen atoms in total. The maximum absolute atomic E-state index is 4.26. The van der Waals surface area contributed by atoms with Gasteiger partial charge in [-0.05, 0) is 13.3 Å². The van der Waals surface area contributed by atoms with E-state index in [1.807, 2.05) is 6.20 Å². The molecule has 1 aromatic rings. The van der Waals surface area contributed by atoms with Crippen molar-refractivity contribution in [1.82, 2.24) is 9.97 Å². The Morgan fingerprint density at radius 3 is 3.23 bits per heavy atom. The lowest BCUT2D eigenvalue weighted by molar-refractivity contribution is 0.701. The van der Waals surface area contributed by atoms with Gasteiger partial charge in [0.1, 0.15) is 6.33 Å². The molecule has 0 saturated carbocycles. The molecule has 13 heavy (non-hydrogen) atoms. The molecule has 1 N–H and O–H groups in total. The standard InChI is InChI=1S/C9H14N4/c1-3-4-13-7(2)12-8-5-10-6-11-9(8)13/h5-7,12H,3-4H2,1-2H3. The predicted molar refractivity (Wildman–Crippen MR) is 52.8 cm³/mol. The van der Waals surface area contributed by atoms with Crippen molar-refractivity contribution in [3.8, 4) is 0 Å². The molecular weight excluding hydrogens is 164 g/mol. The first-order chi connectivity index (χ1) is 6.33. The fourth-order valence-electron chi connectivity index (χ4n) is 1.68. The summed E-state index contributed by atoms with van der Waals surface area (Å²) < 4.78 is 0. The van der Waals surface area contributed by atoms with Gasteiger partial charge in [-0.1, -0.05) is 6.92 Å². The number of anilines is 2. The van der Waals surface area contributed by atoms with E-state index in [2.05, 4.69) is 34.0 Å². The van der Waals surface area contributed by atoms with Gasteiger partial charge in [0.15, 0.2) is 5.82 Å². The van der Waals surface area contributed by atoms with Crippen LogP contribution >= 0.6 is 0 Å². The molecule has 0 fully saturated rings. The van der Waals surface area contributed by atoms with E-state index in [0.29, 0.717) is 6.17 Å². The van der Waals surface area contributed by atoms with Crippen molar-refractivity contribution in [3.63, 3.8) is 0 Å². The van der Waals surface area contributed by atoms with Gasteiger partial charge in [0, 0.05) is 6.54 Å². The molecule has 4 heteroatoms. The summed E-state index contributed by atoms with van der Waals surface area (Å²) in [5.41, 5.74) is 1.04. The van der Waals surface area contributed by atoms with Crippen molar-refractivity contribution >= 4 is 11.5 Å². The van der Waals surface area contributed by atoms with Gasteiger partial charge in [-0.25, -0.2) is 9.97 Å². The summed E-state index contributed by atoms with van der Waals surface area (Å²) in [4.78, 5) is 10.5. The highest BCUT2D eigenvalue weighted by molar-refractivity contribution is 5.70. The number of hydrogen-bond acceptors (Lipinski definition) is 4. The molecular formula is C9H14N4. The molecule has 0 aliphatic carbocycles. The van der Waals surface area contributed by atoms with E-state index in [1.165, 1.54) is 0 Å². The molecule has 0 aromatic carbocycles. The van der Waals surface area contributed by atoms with Gasteiger partial charge >= 0.3 is 0 Å². The van der Waals surface area contributed by atoms with Crippen molar-refractivity contribution in [3.05, 3.63) is 12.5 Å². The lowest BCUT2D eigenvalue weighted by Gasteiger charge is -2.21. The van der Waals surface area contributed by atoms with Gasteiger partial charge < -0.3 is 10.2 Å². The van der Waals surface area contributed by atoms with Gasteiger partial charge in [-0.3, -0.25) is 0 Å². The van der Waals surface area contributed by atoms with Crippen molar-refractivity contribution in [2.24, 2.45) is 0 Å². The highest BCUT2D eigenvalue weighted by Gasteiger charge is 2.25. The summed E-state index contributed by atoms with van der Waals surface area (Å²) in [6, 6.07) is 0. The summed E-state index contributed by atoms with van der Waals surface area (Å²) in [6.07, 6.45) is 4.90. The summed E-state index contributed by atoms with van der Waals surface area (Å²) >= 11 is 0. The van der Waals surface area contributed by atoms with Crippen molar-refractivity contribution in [2.75, 3.05) is 16.8 Å². The SMILES string of the molecule is CCCN1c2ncncc2NC1C. The van der Waals surface area contributed by atoms with E-state index in [1.54, 1.807) is 6.33 Å². The van der Waals surface area contributed by atoms with Crippen LogP contribution in [0, 0.1) is 0 Å². The highest BCUT2D eigenvalue weighted by Crippen LogP contribution is 2.30. The van der Waals surface area contributed by atoms with Crippen LogP contribution in [0.3, 0.4) is 0 Å². The van der Waals surface area contributed by atoms with E-state index in [0.717, 1.165) is 24.5 Å². The Morgan fingerprint density at radius 2 is 2.46 bits per heavy atom. The second-order valence-corrected chi connectivity index (χ2v) is 3.27. The van der Waals surface area contributed by atoms with E-state index < -0.39 is 0 Å². The highest BCUT2D eigenvalue weighted by atomic mass is 15.4. The Kier molecular flexibility index (Phi) is 2.04. The first kappa shape index (κ1) is 8.29. The fraction of sp³-hybridized carbons (Fsp3) is 0.556. The number of hydrogen-bond donors (Lipinski definition) is 1. The quantitative estimate of drug-likeness (QED) is 0.744. The van der Waals surface area contributed by atoms with Crippen LogP contribution in [0.25, 0.3) is 0 Å². The normalized spacial score (nSPS) is 19.8. The van der Waals surface area contributed by atoms with Crippen LogP contribution in [-0.4, -0.2) is 22.7 Å². The van der Waals surface area contributed by atoms with Crippen molar-refractivity contribution < 1.29 is 0 Å². The number of rotatable bonds is 2. The fourth-order valence-corrected chi connectivity index (χ4v) is 1.68. The van der Waals surface area contributed by atoms with E-state index in [-0.39, 0.29) is 0 Å². The topological polar surface area (TPSA) is 41.1 Å². The molecule has 70 valence electrons. The monoisotopic (exact) mass is 178 g/mol. The Bertz CT molecular complexity index is 299. The van der Waals surface area contributed by atoms with Crippen LogP contribution < -0.4 is 10.2 Å². The zero-order chi connectivity index (χ0) is 9.26. The average molecular weight is 178 g/mol. The zero-order valence-corrected chi connectivity index (χ0v) is 7.99. The summed E-state index contributed by atoms with van der Waals surface area (Å²) in [5, 5.41) is 3.33. The molecule has 0 amide bonds. The second kappa shape index (κ2) is 3.20. The molecule has 0 spiro atoms. The maximum Gasteiger partial charge on any atom is 0.157 e. The number of aromatic nitrogens is 2. The average Bonchev–Trinajstić information content (AvgIpc) is 2.44. The molecule has 0 saturated heterocycles. The first-order valence-electron chi connectivity index (χ1n) is 4.66. The number of nitrogens with zero attached hydrogens (tertiary/aromatic N) is 3. The lowest BCUT2D eigenvalue weighted by atomic mass is 10.4. The van der Waals surface area contributed by atoms with E-state index in [9.17, 15) is 0 Å². The molecule has 1 unspecified atom stereocenters. The first-order valence-corrected chi connectivity index (χ1v) is 4.66. The Labute approximate surface area is 78.0 Å². The van der Waals surface area contributed by atoms with Gasteiger partial charge in [0.25, 0.3) is 0 Å². The third-order valence-corrected chi connectivity index (χ3v) is 2.26. The summed E-state index contributed by atoms with van der Waals surface area (Å²) in [7, 11) is 0. The van der Waals surface area contributed by atoms with Crippen LogP contribution in [0.1, 0.15) is 20.3 Å². The minimum absolute atomic E-state index is 0.339. The number of nitrogens with one attached hydrogen (secondary N) is 1. The Morgan fingerprint density at radius 1 is 1.62 bits per heavy atom. The van der Waals surface area contributed by atoms with Crippen LogP contribution in [-0.2, 0) is 0 Å². The minimum Gasteiger partial charge on any atom is -0.361 e. The summed E-state index contributed by atoms with van der Waals surface area (Å²) in [5.74, 6) is 1.03. The molecule has 0 bridgehead atoms. The van der Waals surface area contributed by atoms with Crippen LogP contribution in [0.5, 0.6) is 0 Å². The third kappa shape index (κ3) is 1.32. The largest absolute Gasteiger partial charge is 0.361 e. The van der Waals surface area contributed by atoms with Gasteiger partial charge in [0.2, 0.25) is 0 Å². The van der Waals surface area contributed by atoms with Crippen molar-refractivity contribution in [1.29, 1.82) is 0 Å². The summed E-state index contributed by atoms with van der Waals surface area (Å²) in [6.45, 7) is 5.35. The maximum atomic E-state index is 4.26. The van der Waals surface area contributed by atoms with Crippen LogP contribution in [0.4, 0.5) is 11.5 Å². The van der Waals surface area contributed by atoms with Gasteiger partial charge in [-0.2, -0.15) is 0 Å². The second-order valence-electron chi connectivity index (χ2n) is 3.27. The van der Waals surface area contributed by atoms with Crippen LogP contribution in [0.15, 0.2) is 12.5 Å². The lowest BCUT2D eigenvalue weighted by Crippen LogP contribution is -2.33. The Hall–Kier alpha value is -1.32. The molecule has 1 aliphatic rings. The molecule has 1 aromatic heterocycles. The van der Waals surface area contributed by atoms with Crippen molar-refractivity contribution in [2.45, 2.75) is 26.4 Å². The minimum atomic E-state index is 0.339. The predicted octanol–water partition coefficient (Wildman–Crippen LogP) is 1.46. The Balaban J connectivity index is 2.29. The molecule has 1 aliphatic heterocycles.